The molecule has 0 atom stereocenters. The SMILES string of the molecule is CCOC(=O)c1cc(Cl)c(NC(=O)CCCOc2ccc(CC)cc2)cc1OC. The van der Waals surface area contributed by atoms with Gasteiger partial charge in [0.15, 0.2) is 0 Å². The van der Waals surface area contributed by atoms with Crippen LogP contribution >= 0.6 is 11.6 Å². The number of rotatable bonds is 10. The summed E-state index contributed by atoms with van der Waals surface area (Å²) in [6.45, 7) is 4.48. The lowest BCUT2D eigenvalue weighted by Crippen LogP contribution is -2.14. The van der Waals surface area contributed by atoms with Gasteiger partial charge in [-0.05, 0) is 43.5 Å². The second kappa shape index (κ2) is 11.3. The molecule has 0 saturated carbocycles. The third-order valence-corrected chi connectivity index (χ3v) is 4.52. The summed E-state index contributed by atoms with van der Waals surface area (Å²) in [6.07, 6.45) is 1.80. The Morgan fingerprint density at radius 2 is 1.83 bits per heavy atom. The second-order valence-electron chi connectivity index (χ2n) is 6.25. The van der Waals surface area contributed by atoms with Crippen molar-refractivity contribution in [3.05, 3.63) is 52.5 Å². The van der Waals surface area contributed by atoms with E-state index in [9.17, 15) is 9.59 Å². The molecule has 0 bridgehead atoms. The molecule has 2 aromatic carbocycles. The zero-order chi connectivity index (χ0) is 21.2. The summed E-state index contributed by atoms with van der Waals surface area (Å²) in [5.41, 5.74) is 1.83. The van der Waals surface area contributed by atoms with E-state index in [0.29, 0.717) is 18.7 Å². The van der Waals surface area contributed by atoms with Gasteiger partial charge in [-0.2, -0.15) is 0 Å². The number of carbonyl (C=O) groups excluding carboxylic acids is 2. The van der Waals surface area contributed by atoms with E-state index < -0.39 is 5.97 Å². The fraction of sp³-hybridized carbons (Fsp3) is 0.364. The molecule has 2 aromatic rings. The summed E-state index contributed by atoms with van der Waals surface area (Å²) in [4.78, 5) is 24.2. The molecule has 0 aliphatic rings. The number of halogens is 1. The average Bonchev–Trinajstić information content (AvgIpc) is 2.73. The summed E-state index contributed by atoms with van der Waals surface area (Å²) in [7, 11) is 1.43. The van der Waals surface area contributed by atoms with Gasteiger partial charge in [0.2, 0.25) is 5.91 Å². The summed E-state index contributed by atoms with van der Waals surface area (Å²) in [6, 6.07) is 10.8. The standard InChI is InChI=1S/C22H26ClNO5/c1-4-15-8-10-16(11-9-15)29-12-6-7-21(25)24-19-14-20(27-3)17(13-18(19)23)22(26)28-5-2/h8-11,13-14H,4-7,12H2,1-3H3,(H,24,25). The van der Waals surface area contributed by atoms with Crippen molar-refractivity contribution in [1.82, 2.24) is 0 Å². The molecule has 0 heterocycles. The fourth-order valence-electron chi connectivity index (χ4n) is 2.64. The summed E-state index contributed by atoms with van der Waals surface area (Å²) < 4.78 is 15.9. The molecule has 7 heteroatoms. The molecule has 0 fully saturated rings. The highest BCUT2D eigenvalue weighted by Crippen LogP contribution is 2.31. The molecule has 0 spiro atoms. The number of ether oxygens (including phenoxy) is 3. The number of nitrogens with one attached hydrogen (secondary N) is 1. The van der Waals surface area contributed by atoms with Gasteiger partial charge in [0, 0.05) is 12.5 Å². The van der Waals surface area contributed by atoms with Gasteiger partial charge in [0.25, 0.3) is 0 Å². The Kier molecular flexibility index (Phi) is 8.80. The highest BCUT2D eigenvalue weighted by Gasteiger charge is 2.18. The molecule has 0 aromatic heterocycles. The number of hydrogen-bond donors (Lipinski definition) is 1. The molecule has 0 aliphatic heterocycles. The summed E-state index contributed by atoms with van der Waals surface area (Å²) >= 11 is 6.21. The van der Waals surface area contributed by atoms with Crippen molar-refractivity contribution in [1.29, 1.82) is 0 Å². The first-order chi connectivity index (χ1) is 14.0. The molecule has 0 radical (unpaired) electrons. The van der Waals surface area contributed by atoms with Crippen LogP contribution in [0.1, 0.15) is 42.6 Å². The van der Waals surface area contributed by atoms with Crippen LogP contribution in [0, 0.1) is 0 Å². The van der Waals surface area contributed by atoms with Crippen LogP contribution in [-0.4, -0.2) is 32.2 Å². The molecule has 2 rings (SSSR count). The first-order valence-electron chi connectivity index (χ1n) is 9.54. The first-order valence-corrected chi connectivity index (χ1v) is 9.92. The number of hydrogen-bond acceptors (Lipinski definition) is 5. The van der Waals surface area contributed by atoms with Gasteiger partial charge < -0.3 is 19.5 Å². The third kappa shape index (κ3) is 6.68. The molecule has 1 amide bonds. The van der Waals surface area contributed by atoms with Crippen molar-refractivity contribution < 1.29 is 23.8 Å². The Balaban J connectivity index is 1.88. The third-order valence-electron chi connectivity index (χ3n) is 4.21. The van der Waals surface area contributed by atoms with Crippen LogP contribution in [-0.2, 0) is 16.0 Å². The van der Waals surface area contributed by atoms with E-state index >= 15 is 0 Å². The van der Waals surface area contributed by atoms with Crippen LogP contribution in [0.3, 0.4) is 0 Å². The number of carbonyl (C=O) groups is 2. The molecule has 0 aliphatic carbocycles. The van der Waals surface area contributed by atoms with Crippen LogP contribution in [0.5, 0.6) is 11.5 Å². The van der Waals surface area contributed by atoms with Crippen LogP contribution in [0.2, 0.25) is 5.02 Å². The minimum absolute atomic E-state index is 0.206. The van der Waals surface area contributed by atoms with Gasteiger partial charge in [-0.25, -0.2) is 4.79 Å². The van der Waals surface area contributed by atoms with Crippen molar-refractivity contribution >= 4 is 29.2 Å². The lowest BCUT2D eigenvalue weighted by atomic mass is 10.1. The van der Waals surface area contributed by atoms with E-state index in [0.717, 1.165) is 12.2 Å². The lowest BCUT2D eigenvalue weighted by molar-refractivity contribution is -0.116. The molecular weight excluding hydrogens is 394 g/mol. The zero-order valence-corrected chi connectivity index (χ0v) is 17.7. The average molecular weight is 420 g/mol. The van der Waals surface area contributed by atoms with Gasteiger partial charge >= 0.3 is 5.97 Å². The minimum Gasteiger partial charge on any atom is -0.496 e. The lowest BCUT2D eigenvalue weighted by Gasteiger charge is -2.13. The number of benzene rings is 2. The Morgan fingerprint density at radius 1 is 1.10 bits per heavy atom. The Labute approximate surface area is 176 Å². The van der Waals surface area contributed by atoms with Crippen LogP contribution < -0.4 is 14.8 Å². The molecule has 6 nitrogen and oxygen atoms in total. The zero-order valence-electron chi connectivity index (χ0n) is 16.9. The van der Waals surface area contributed by atoms with Gasteiger partial charge in [0.1, 0.15) is 17.1 Å². The molecule has 156 valence electrons. The predicted octanol–water partition coefficient (Wildman–Crippen LogP) is 4.89. The van der Waals surface area contributed by atoms with E-state index in [4.69, 9.17) is 25.8 Å². The monoisotopic (exact) mass is 419 g/mol. The highest BCUT2D eigenvalue weighted by molar-refractivity contribution is 6.34. The van der Waals surface area contributed by atoms with E-state index in [1.807, 2.05) is 24.3 Å². The maximum atomic E-state index is 12.2. The molecule has 0 unspecified atom stereocenters. The minimum atomic E-state index is -0.534. The first kappa shape index (κ1) is 22.6. The number of aryl methyl sites for hydroxylation is 1. The van der Waals surface area contributed by atoms with Gasteiger partial charge in [-0.1, -0.05) is 30.7 Å². The van der Waals surface area contributed by atoms with E-state index in [-0.39, 0.29) is 35.3 Å². The maximum Gasteiger partial charge on any atom is 0.341 e. The Morgan fingerprint density at radius 3 is 2.45 bits per heavy atom. The van der Waals surface area contributed by atoms with E-state index in [2.05, 4.69) is 12.2 Å². The van der Waals surface area contributed by atoms with Crippen molar-refractivity contribution in [3.8, 4) is 11.5 Å². The van der Waals surface area contributed by atoms with Crippen molar-refractivity contribution in [2.45, 2.75) is 33.1 Å². The second-order valence-corrected chi connectivity index (χ2v) is 6.66. The van der Waals surface area contributed by atoms with Gasteiger partial charge in [0.05, 0.1) is 31.0 Å². The normalized spacial score (nSPS) is 10.3. The number of anilines is 1. The Bertz CT molecular complexity index is 836. The smallest absolute Gasteiger partial charge is 0.341 e. The summed E-state index contributed by atoms with van der Waals surface area (Å²) in [5.74, 6) is 0.322. The van der Waals surface area contributed by atoms with Crippen LogP contribution in [0.4, 0.5) is 5.69 Å². The van der Waals surface area contributed by atoms with Crippen molar-refractivity contribution in [2.24, 2.45) is 0 Å². The van der Waals surface area contributed by atoms with E-state index in [1.54, 1.807) is 6.92 Å². The highest BCUT2D eigenvalue weighted by atomic mass is 35.5. The largest absolute Gasteiger partial charge is 0.496 e. The van der Waals surface area contributed by atoms with E-state index in [1.165, 1.54) is 24.8 Å². The topological polar surface area (TPSA) is 73.9 Å². The van der Waals surface area contributed by atoms with Crippen LogP contribution in [0.25, 0.3) is 0 Å². The van der Waals surface area contributed by atoms with Crippen molar-refractivity contribution in [3.63, 3.8) is 0 Å². The molecular formula is C22H26ClNO5. The fourth-order valence-corrected chi connectivity index (χ4v) is 2.85. The molecule has 0 saturated heterocycles. The van der Waals surface area contributed by atoms with Gasteiger partial charge in [-0.3, -0.25) is 4.79 Å². The molecule has 29 heavy (non-hydrogen) atoms. The number of methoxy groups -OCH3 is 1. The van der Waals surface area contributed by atoms with Crippen LogP contribution in [0.15, 0.2) is 36.4 Å². The number of amides is 1. The Hall–Kier alpha value is -2.73. The number of esters is 1. The quantitative estimate of drug-likeness (QED) is 0.438. The maximum absolute atomic E-state index is 12.2. The summed E-state index contributed by atoms with van der Waals surface area (Å²) in [5, 5.41) is 2.97. The van der Waals surface area contributed by atoms with Gasteiger partial charge in [-0.15, -0.1) is 0 Å². The van der Waals surface area contributed by atoms with Crippen molar-refractivity contribution in [2.75, 3.05) is 25.6 Å². The molecule has 1 N–H and O–H groups in total. The predicted molar refractivity (Wildman–Crippen MR) is 113 cm³/mol.